The summed E-state index contributed by atoms with van der Waals surface area (Å²) in [5, 5.41) is 0. The van der Waals surface area contributed by atoms with Gasteiger partial charge >= 0.3 is 0 Å². The minimum atomic E-state index is -0.363. The van der Waals surface area contributed by atoms with Crippen LogP contribution in [0.5, 0.6) is 0 Å². The van der Waals surface area contributed by atoms with Crippen molar-refractivity contribution in [1.82, 2.24) is 9.80 Å². The highest BCUT2D eigenvalue weighted by atomic mass is 16.3. The fourth-order valence-electron chi connectivity index (χ4n) is 7.34. The van der Waals surface area contributed by atoms with E-state index in [2.05, 4.69) is 41.8 Å². The molecule has 4 fully saturated rings. The van der Waals surface area contributed by atoms with Crippen molar-refractivity contribution in [2.24, 2.45) is 5.41 Å². The van der Waals surface area contributed by atoms with Crippen molar-refractivity contribution < 1.29 is 14.0 Å². The maximum absolute atomic E-state index is 13.9. The number of rotatable bonds is 4. The minimum absolute atomic E-state index is 0.0743. The van der Waals surface area contributed by atoms with E-state index in [4.69, 9.17) is 4.42 Å². The lowest BCUT2D eigenvalue weighted by molar-refractivity contribution is -0.133. The van der Waals surface area contributed by atoms with Crippen LogP contribution in [-0.2, 0) is 4.79 Å². The smallest absolute Gasteiger partial charge is 0.289 e. The van der Waals surface area contributed by atoms with E-state index in [9.17, 15) is 9.59 Å². The fourth-order valence-corrected chi connectivity index (χ4v) is 7.34. The summed E-state index contributed by atoms with van der Waals surface area (Å²) in [6.45, 7) is 9.94. The molecule has 7 heteroatoms. The SMILES string of the molecule is Cc1cc(N2CC[C@H](N3CCC[C@@H]3C)C2)ccc1N1CCCC2(CCN(C(=O)c3ccco3)CC2)C1=O. The van der Waals surface area contributed by atoms with Gasteiger partial charge in [0.05, 0.1) is 11.7 Å². The normalized spacial score (nSPS) is 26.4. The zero-order valence-corrected chi connectivity index (χ0v) is 22.3. The second-order valence-corrected chi connectivity index (χ2v) is 11.7. The molecule has 2 atom stereocenters. The van der Waals surface area contributed by atoms with Crippen molar-refractivity contribution in [2.45, 2.75) is 70.9 Å². The topological polar surface area (TPSA) is 60.2 Å². The lowest BCUT2D eigenvalue weighted by Crippen LogP contribution is -2.54. The fraction of sp³-hybridized carbons (Fsp3) is 0.600. The first-order valence-electron chi connectivity index (χ1n) is 14.2. The van der Waals surface area contributed by atoms with E-state index < -0.39 is 0 Å². The molecule has 1 spiro atoms. The Labute approximate surface area is 220 Å². The number of carbonyl (C=O) groups is 2. The number of benzene rings is 1. The number of hydrogen-bond donors (Lipinski definition) is 0. The molecule has 198 valence electrons. The van der Waals surface area contributed by atoms with E-state index in [0.717, 1.165) is 51.0 Å². The van der Waals surface area contributed by atoms with E-state index in [-0.39, 0.29) is 17.2 Å². The summed E-state index contributed by atoms with van der Waals surface area (Å²) < 4.78 is 5.31. The molecule has 4 aliphatic rings. The summed E-state index contributed by atoms with van der Waals surface area (Å²) in [6, 6.07) is 11.5. The Morgan fingerprint density at radius 2 is 1.84 bits per heavy atom. The molecule has 2 amide bonds. The number of likely N-dealkylation sites (tertiary alicyclic amines) is 2. The van der Waals surface area contributed by atoms with E-state index in [1.54, 1.807) is 12.1 Å². The monoisotopic (exact) mass is 504 g/mol. The van der Waals surface area contributed by atoms with Crippen molar-refractivity contribution in [3.8, 4) is 0 Å². The van der Waals surface area contributed by atoms with Crippen LogP contribution >= 0.6 is 0 Å². The van der Waals surface area contributed by atoms with Crippen LogP contribution in [0.1, 0.15) is 68.0 Å². The van der Waals surface area contributed by atoms with Gasteiger partial charge in [-0.1, -0.05) is 0 Å². The van der Waals surface area contributed by atoms with Gasteiger partial charge in [0.2, 0.25) is 5.91 Å². The second kappa shape index (κ2) is 9.82. The van der Waals surface area contributed by atoms with Crippen LogP contribution in [0.3, 0.4) is 0 Å². The molecule has 1 aromatic carbocycles. The van der Waals surface area contributed by atoms with Gasteiger partial charge in [-0.15, -0.1) is 0 Å². The third kappa shape index (κ3) is 4.45. The van der Waals surface area contributed by atoms with Gasteiger partial charge in [0.15, 0.2) is 5.76 Å². The van der Waals surface area contributed by atoms with E-state index in [1.165, 1.54) is 43.3 Å². The third-order valence-electron chi connectivity index (χ3n) is 9.55. The Balaban J connectivity index is 1.13. The molecule has 0 unspecified atom stereocenters. The van der Waals surface area contributed by atoms with Gasteiger partial charge in [-0.2, -0.15) is 0 Å². The summed E-state index contributed by atoms with van der Waals surface area (Å²) in [7, 11) is 0. The van der Waals surface area contributed by atoms with Gasteiger partial charge in [-0.3, -0.25) is 14.5 Å². The first kappa shape index (κ1) is 24.5. The molecular formula is C30H40N4O3. The Hall–Kier alpha value is -2.80. The Kier molecular flexibility index (Phi) is 6.51. The first-order valence-corrected chi connectivity index (χ1v) is 14.2. The number of piperidine rings is 2. The molecule has 7 nitrogen and oxygen atoms in total. The van der Waals surface area contributed by atoms with Crippen molar-refractivity contribution in [3.05, 3.63) is 47.9 Å². The number of furan rings is 1. The molecular weight excluding hydrogens is 464 g/mol. The van der Waals surface area contributed by atoms with E-state index >= 15 is 0 Å². The van der Waals surface area contributed by atoms with Crippen LogP contribution in [0.4, 0.5) is 11.4 Å². The predicted octanol–water partition coefficient (Wildman–Crippen LogP) is 4.70. The number of nitrogens with zero attached hydrogens (tertiary/aromatic N) is 4. The van der Waals surface area contributed by atoms with Gasteiger partial charge in [0, 0.05) is 56.2 Å². The third-order valence-corrected chi connectivity index (χ3v) is 9.55. The zero-order chi connectivity index (χ0) is 25.6. The highest BCUT2D eigenvalue weighted by Crippen LogP contribution is 2.43. The van der Waals surface area contributed by atoms with Crippen molar-refractivity contribution in [3.63, 3.8) is 0 Å². The predicted molar refractivity (Wildman–Crippen MR) is 145 cm³/mol. The number of anilines is 2. The quantitative estimate of drug-likeness (QED) is 0.604. The zero-order valence-electron chi connectivity index (χ0n) is 22.3. The van der Waals surface area contributed by atoms with Crippen LogP contribution in [-0.4, -0.2) is 73.0 Å². The molecule has 4 aliphatic heterocycles. The Bertz CT molecular complexity index is 1140. The summed E-state index contributed by atoms with van der Waals surface area (Å²) in [5.74, 6) is 0.543. The van der Waals surface area contributed by atoms with E-state index in [1.807, 2.05) is 9.80 Å². The molecule has 0 radical (unpaired) electrons. The summed E-state index contributed by atoms with van der Waals surface area (Å²) >= 11 is 0. The summed E-state index contributed by atoms with van der Waals surface area (Å²) in [6.07, 6.45) is 8.77. The maximum atomic E-state index is 13.9. The van der Waals surface area contributed by atoms with Gasteiger partial charge in [-0.05, 0) is 101 Å². The largest absolute Gasteiger partial charge is 0.459 e. The average molecular weight is 505 g/mol. The van der Waals surface area contributed by atoms with Crippen LogP contribution in [0, 0.1) is 12.3 Å². The van der Waals surface area contributed by atoms with Crippen molar-refractivity contribution >= 4 is 23.2 Å². The molecule has 4 saturated heterocycles. The Morgan fingerprint density at radius 1 is 1.00 bits per heavy atom. The standard InChI is InChI=1S/C30H40N4O3/c1-22-20-24(32-16-10-25(21-32)33-14-3-6-23(33)2)8-9-26(22)34-15-5-11-30(29(34)36)12-17-31(18-13-30)28(35)27-7-4-19-37-27/h4,7-9,19-20,23,25H,3,5-6,10-18,21H2,1-2H3/t23-,25-/m0/s1. The van der Waals surface area contributed by atoms with E-state index in [0.29, 0.717) is 30.9 Å². The molecule has 6 rings (SSSR count). The Morgan fingerprint density at radius 3 is 2.54 bits per heavy atom. The van der Waals surface area contributed by atoms with Crippen LogP contribution < -0.4 is 9.80 Å². The molecule has 0 N–H and O–H groups in total. The molecule has 37 heavy (non-hydrogen) atoms. The second-order valence-electron chi connectivity index (χ2n) is 11.7. The van der Waals surface area contributed by atoms with Crippen molar-refractivity contribution in [2.75, 3.05) is 49.1 Å². The first-order chi connectivity index (χ1) is 17.9. The van der Waals surface area contributed by atoms with Gasteiger partial charge in [0.1, 0.15) is 0 Å². The molecule has 0 saturated carbocycles. The highest BCUT2D eigenvalue weighted by Gasteiger charge is 2.47. The number of hydrogen-bond acceptors (Lipinski definition) is 5. The lowest BCUT2D eigenvalue weighted by Gasteiger charge is -2.46. The maximum Gasteiger partial charge on any atom is 0.289 e. The molecule has 1 aromatic heterocycles. The van der Waals surface area contributed by atoms with Gasteiger partial charge in [-0.25, -0.2) is 0 Å². The lowest BCUT2D eigenvalue weighted by atomic mass is 9.71. The molecule has 2 aromatic rings. The van der Waals surface area contributed by atoms with Crippen molar-refractivity contribution in [1.29, 1.82) is 0 Å². The van der Waals surface area contributed by atoms with Crippen LogP contribution in [0.25, 0.3) is 0 Å². The summed E-state index contributed by atoms with van der Waals surface area (Å²) in [4.78, 5) is 35.7. The summed E-state index contributed by atoms with van der Waals surface area (Å²) in [5.41, 5.74) is 3.13. The molecule has 5 heterocycles. The van der Waals surface area contributed by atoms with Crippen LogP contribution in [0.2, 0.25) is 0 Å². The highest BCUT2D eigenvalue weighted by molar-refractivity contribution is 5.99. The number of carbonyl (C=O) groups excluding carboxylic acids is 2. The van der Waals surface area contributed by atoms with Crippen LogP contribution in [0.15, 0.2) is 41.0 Å². The molecule has 0 bridgehead atoms. The minimum Gasteiger partial charge on any atom is -0.459 e. The van der Waals surface area contributed by atoms with Gasteiger partial charge < -0.3 is 19.1 Å². The number of aryl methyl sites for hydroxylation is 1. The van der Waals surface area contributed by atoms with Gasteiger partial charge in [0.25, 0.3) is 5.91 Å². The average Bonchev–Trinajstić information content (AvgIpc) is 3.68. The molecule has 0 aliphatic carbocycles. The number of amides is 2.